The SMILES string of the molecule is C[C](C)=[Zr+2].C[Si](C)(CCO)C1=[C-]CC=C1.[Cl-].[Cl-].c1ccc2c(c1)[cH-]c1ccccc12. The minimum absolute atomic E-state index is 0. The smallest absolute Gasteiger partial charge is 0.0448 e. The second kappa shape index (κ2) is 14.4. The number of benzene rings is 2. The molecule has 1 aliphatic carbocycles. The van der Waals surface area contributed by atoms with Crippen molar-refractivity contribution >= 4 is 32.8 Å². The van der Waals surface area contributed by atoms with Crippen molar-refractivity contribution < 1.29 is 54.2 Å². The van der Waals surface area contributed by atoms with Gasteiger partial charge in [-0.3, -0.25) is 6.08 Å². The quantitative estimate of drug-likeness (QED) is 0.379. The van der Waals surface area contributed by atoms with Crippen molar-refractivity contribution in [2.75, 3.05) is 6.61 Å². The maximum Gasteiger partial charge on any atom is 0.0448 e. The van der Waals surface area contributed by atoms with E-state index < -0.39 is 8.07 Å². The molecule has 0 bridgehead atoms. The molecule has 0 saturated carbocycles. The molecule has 0 fully saturated rings. The van der Waals surface area contributed by atoms with Gasteiger partial charge in [0.25, 0.3) is 0 Å². The molecule has 0 unspecified atom stereocenters. The van der Waals surface area contributed by atoms with Crippen LogP contribution in [0.1, 0.15) is 20.3 Å². The summed E-state index contributed by atoms with van der Waals surface area (Å²) < 4.78 is 1.51. The van der Waals surface area contributed by atoms with E-state index in [1.165, 1.54) is 29.9 Å². The zero-order chi connectivity index (χ0) is 20.6. The molecule has 0 saturated heterocycles. The van der Waals surface area contributed by atoms with Gasteiger partial charge in [0.2, 0.25) is 0 Å². The number of halogens is 2. The van der Waals surface area contributed by atoms with Crippen LogP contribution in [0.5, 0.6) is 0 Å². The number of allylic oxidation sites excluding steroid dienone is 4. The Balaban J connectivity index is 0.000000457. The van der Waals surface area contributed by atoms with Gasteiger partial charge in [0, 0.05) is 14.7 Å². The van der Waals surface area contributed by atoms with Crippen LogP contribution in [0, 0.1) is 6.08 Å². The number of hydrogen-bond acceptors (Lipinski definition) is 1. The van der Waals surface area contributed by atoms with Crippen molar-refractivity contribution in [3.8, 4) is 0 Å². The zero-order valence-electron chi connectivity index (χ0n) is 18.2. The summed E-state index contributed by atoms with van der Waals surface area (Å²) in [6.07, 6.45) is 8.62. The van der Waals surface area contributed by atoms with Crippen LogP contribution in [0.4, 0.5) is 0 Å². The largest absolute Gasteiger partial charge is 1.00 e. The first kappa shape index (κ1) is 29.3. The number of rotatable bonds is 3. The van der Waals surface area contributed by atoms with E-state index in [1.54, 1.807) is 24.2 Å². The van der Waals surface area contributed by atoms with Crippen LogP contribution in [0.15, 0.2) is 71.9 Å². The first-order valence-electron chi connectivity index (χ1n) is 9.79. The van der Waals surface area contributed by atoms with Crippen LogP contribution in [-0.2, 0) is 24.2 Å². The number of aliphatic hydroxyl groups excluding tert-OH is 1. The fourth-order valence-corrected chi connectivity index (χ4v) is 5.17. The fraction of sp³-hybridized carbons (Fsp3) is 0.280. The van der Waals surface area contributed by atoms with Crippen LogP contribution in [0.3, 0.4) is 0 Å². The van der Waals surface area contributed by atoms with Crippen molar-refractivity contribution in [1.29, 1.82) is 0 Å². The van der Waals surface area contributed by atoms with Crippen molar-refractivity contribution in [2.45, 2.75) is 39.4 Å². The van der Waals surface area contributed by atoms with Crippen molar-refractivity contribution in [3.63, 3.8) is 0 Å². The molecule has 0 heterocycles. The third kappa shape index (κ3) is 8.81. The second-order valence-corrected chi connectivity index (χ2v) is 15.1. The van der Waals surface area contributed by atoms with Gasteiger partial charge in [-0.15, -0.1) is 46.2 Å². The Hall–Kier alpha value is -0.700. The van der Waals surface area contributed by atoms with Gasteiger partial charge in [0.15, 0.2) is 0 Å². The maximum absolute atomic E-state index is 8.83. The van der Waals surface area contributed by atoms with Gasteiger partial charge < -0.3 is 29.9 Å². The number of fused-ring (bicyclic) bond motifs is 3. The molecule has 1 aliphatic rings. The Morgan fingerprint density at radius 1 is 1.00 bits per heavy atom. The predicted molar refractivity (Wildman–Crippen MR) is 123 cm³/mol. The zero-order valence-corrected chi connectivity index (χ0v) is 23.1. The third-order valence-electron chi connectivity index (χ3n) is 4.68. The molecule has 0 radical (unpaired) electrons. The van der Waals surface area contributed by atoms with Gasteiger partial charge >= 0.3 is 41.3 Å². The van der Waals surface area contributed by atoms with E-state index in [4.69, 9.17) is 5.11 Å². The summed E-state index contributed by atoms with van der Waals surface area (Å²) in [5.41, 5.74) is 0. The molecule has 0 aliphatic heterocycles. The number of hydrogen-bond donors (Lipinski definition) is 1. The monoisotopic (exact) mass is 534 g/mol. The van der Waals surface area contributed by atoms with Crippen LogP contribution >= 0.6 is 0 Å². The van der Waals surface area contributed by atoms with Gasteiger partial charge in [-0.1, -0.05) is 49.5 Å². The molecule has 3 aromatic carbocycles. The van der Waals surface area contributed by atoms with E-state index in [1.807, 2.05) is 0 Å². The molecule has 1 N–H and O–H groups in total. The van der Waals surface area contributed by atoms with E-state index in [0.29, 0.717) is 6.61 Å². The normalized spacial score (nSPS) is 12.0. The van der Waals surface area contributed by atoms with Gasteiger partial charge in [-0.25, -0.2) is 11.3 Å². The summed E-state index contributed by atoms with van der Waals surface area (Å²) in [5, 5.41) is 15.6. The maximum atomic E-state index is 8.83. The Bertz CT molecular complexity index is 935. The first-order chi connectivity index (χ1) is 13.3. The van der Waals surface area contributed by atoms with Gasteiger partial charge in [0.05, 0.1) is 0 Å². The molecule has 1 nitrogen and oxygen atoms in total. The minimum atomic E-state index is -1.30. The molecular weight excluding hydrogens is 506 g/mol. The summed E-state index contributed by atoms with van der Waals surface area (Å²) in [5.74, 6) is 0. The Labute approximate surface area is 209 Å². The Morgan fingerprint density at radius 3 is 1.87 bits per heavy atom. The second-order valence-electron chi connectivity index (χ2n) is 7.87. The summed E-state index contributed by atoms with van der Waals surface area (Å²) in [7, 11) is -1.30. The molecule has 0 atom stereocenters. The summed E-state index contributed by atoms with van der Waals surface area (Å²) in [6.45, 7) is 9.12. The molecule has 0 spiro atoms. The minimum Gasteiger partial charge on any atom is -1.00 e. The average Bonchev–Trinajstić information content (AvgIpc) is 3.30. The summed E-state index contributed by atoms with van der Waals surface area (Å²) in [4.78, 5) is 0. The molecule has 3 aromatic rings. The average molecular weight is 537 g/mol. The molecule has 30 heavy (non-hydrogen) atoms. The van der Waals surface area contributed by atoms with Crippen LogP contribution in [-0.4, -0.2) is 23.0 Å². The molecule has 4 rings (SSSR count). The predicted octanol–water partition coefficient (Wildman–Crippen LogP) is 0.381. The van der Waals surface area contributed by atoms with Crippen LogP contribution in [0.25, 0.3) is 21.5 Å². The van der Waals surface area contributed by atoms with E-state index in [-0.39, 0.29) is 24.8 Å². The Morgan fingerprint density at radius 2 is 1.47 bits per heavy atom. The Kier molecular flexibility index (Phi) is 14.0. The van der Waals surface area contributed by atoms with Crippen molar-refractivity contribution in [1.82, 2.24) is 0 Å². The van der Waals surface area contributed by atoms with E-state index in [9.17, 15) is 0 Å². The van der Waals surface area contributed by atoms with E-state index in [0.717, 1.165) is 12.5 Å². The van der Waals surface area contributed by atoms with Gasteiger partial charge in [-0.2, -0.15) is 6.08 Å². The standard InChI is InChI=1S/C13H9.C9H15OSi.C3H6.2ClH.Zr/c1-3-7-12-10(5-1)9-11-6-2-4-8-13(11)12;1-11(2,8-7-10)9-5-3-4-6-9;1-3-2;;;/h1-9H;3,5,10H,4,7-8H2,1-2H3;1-2H3;2*1H;/q2*-1;;;;+2/p-2. The van der Waals surface area contributed by atoms with Crippen molar-refractivity contribution in [3.05, 3.63) is 78.0 Å². The van der Waals surface area contributed by atoms with Crippen molar-refractivity contribution in [2.24, 2.45) is 0 Å². The van der Waals surface area contributed by atoms with Crippen LogP contribution in [0.2, 0.25) is 19.1 Å². The van der Waals surface area contributed by atoms with E-state index in [2.05, 4.69) is 99.8 Å². The number of aliphatic hydroxyl groups is 1. The fourth-order valence-electron chi connectivity index (χ4n) is 3.19. The van der Waals surface area contributed by atoms with Gasteiger partial charge in [-0.05, 0) is 6.04 Å². The topological polar surface area (TPSA) is 20.2 Å². The molecule has 160 valence electrons. The summed E-state index contributed by atoms with van der Waals surface area (Å²) in [6, 6.07) is 20.2. The van der Waals surface area contributed by atoms with E-state index >= 15 is 0 Å². The molecule has 0 amide bonds. The summed E-state index contributed by atoms with van der Waals surface area (Å²) >= 11 is 1.55. The van der Waals surface area contributed by atoms with Crippen LogP contribution < -0.4 is 24.8 Å². The molecular formula is C25H30Cl2OSiZr-2. The third-order valence-corrected chi connectivity index (χ3v) is 7.96. The van der Waals surface area contributed by atoms with Gasteiger partial charge in [0.1, 0.15) is 0 Å². The first-order valence-corrected chi connectivity index (χ1v) is 14.2. The molecule has 0 aromatic heterocycles. The molecule has 5 heteroatoms.